The van der Waals surface area contributed by atoms with Crippen LogP contribution in [0.5, 0.6) is 0 Å². The van der Waals surface area contributed by atoms with Crippen LogP contribution in [0.25, 0.3) is 21.9 Å². The average Bonchev–Trinajstić information content (AvgIpc) is 2.97. The van der Waals surface area contributed by atoms with Gasteiger partial charge in [-0.3, -0.25) is 9.78 Å². The molecule has 3 aromatic rings. The lowest BCUT2D eigenvalue weighted by atomic mass is 9.96. The Labute approximate surface area is 150 Å². The molecule has 0 radical (unpaired) electrons. The molecule has 5 nitrogen and oxygen atoms in total. The van der Waals surface area contributed by atoms with Gasteiger partial charge >= 0.3 is 5.97 Å². The Morgan fingerprint density at radius 2 is 2.08 bits per heavy atom. The van der Waals surface area contributed by atoms with E-state index in [-0.39, 0.29) is 5.91 Å². The van der Waals surface area contributed by atoms with E-state index >= 15 is 0 Å². The summed E-state index contributed by atoms with van der Waals surface area (Å²) in [6, 6.07) is 13.0. The molecule has 26 heavy (non-hydrogen) atoms. The van der Waals surface area contributed by atoms with E-state index < -0.39 is 12.0 Å². The highest BCUT2D eigenvalue weighted by Crippen LogP contribution is 2.33. The van der Waals surface area contributed by atoms with Gasteiger partial charge < -0.3 is 10.0 Å². The van der Waals surface area contributed by atoms with Gasteiger partial charge in [-0.05, 0) is 40.6 Å². The van der Waals surface area contributed by atoms with E-state index in [0.717, 1.165) is 27.5 Å². The molecule has 2 aromatic carbocycles. The zero-order chi connectivity index (χ0) is 18.3. The van der Waals surface area contributed by atoms with Gasteiger partial charge in [0.15, 0.2) is 0 Å². The molecule has 5 heteroatoms. The number of carboxylic acid groups (broad SMARTS) is 1. The first kappa shape index (κ1) is 16.3. The van der Waals surface area contributed by atoms with Crippen LogP contribution in [0.2, 0.25) is 0 Å². The summed E-state index contributed by atoms with van der Waals surface area (Å²) < 4.78 is 0. The highest BCUT2D eigenvalue weighted by atomic mass is 16.4. The SMILES string of the molecule is CCC(C(=O)O)N1Cc2ccc(-c3cccc4cnccc34)cc2C1=O. The van der Waals surface area contributed by atoms with Crippen LogP contribution in [-0.2, 0) is 11.3 Å². The van der Waals surface area contributed by atoms with E-state index in [9.17, 15) is 14.7 Å². The van der Waals surface area contributed by atoms with Crippen molar-refractivity contribution in [1.29, 1.82) is 0 Å². The molecule has 0 saturated heterocycles. The largest absolute Gasteiger partial charge is 0.480 e. The van der Waals surface area contributed by atoms with Crippen molar-refractivity contribution in [3.05, 3.63) is 66.0 Å². The van der Waals surface area contributed by atoms with Crippen LogP contribution in [0.3, 0.4) is 0 Å². The fourth-order valence-corrected chi connectivity index (χ4v) is 3.65. The molecular formula is C21H18N2O3. The fraction of sp³-hybridized carbons (Fsp3) is 0.190. The minimum Gasteiger partial charge on any atom is -0.480 e. The van der Waals surface area contributed by atoms with Crippen LogP contribution in [0.1, 0.15) is 29.3 Å². The monoisotopic (exact) mass is 346 g/mol. The van der Waals surface area contributed by atoms with Gasteiger partial charge in [0.2, 0.25) is 0 Å². The van der Waals surface area contributed by atoms with Crippen LogP contribution in [0.15, 0.2) is 54.9 Å². The summed E-state index contributed by atoms with van der Waals surface area (Å²) in [4.78, 5) is 29.9. The third-order valence-corrected chi connectivity index (χ3v) is 4.98. The van der Waals surface area contributed by atoms with Crippen molar-refractivity contribution in [2.45, 2.75) is 25.9 Å². The number of pyridine rings is 1. The zero-order valence-electron chi connectivity index (χ0n) is 14.3. The minimum atomic E-state index is -0.963. The van der Waals surface area contributed by atoms with Crippen LogP contribution < -0.4 is 0 Å². The number of carbonyl (C=O) groups is 2. The van der Waals surface area contributed by atoms with Crippen molar-refractivity contribution < 1.29 is 14.7 Å². The number of benzene rings is 2. The lowest BCUT2D eigenvalue weighted by Gasteiger charge is -2.22. The molecule has 1 N–H and O–H groups in total. The maximum Gasteiger partial charge on any atom is 0.326 e. The van der Waals surface area contributed by atoms with E-state index in [2.05, 4.69) is 4.98 Å². The summed E-state index contributed by atoms with van der Waals surface area (Å²) in [6.07, 6.45) is 3.96. The molecule has 1 unspecified atom stereocenters. The first-order valence-corrected chi connectivity index (χ1v) is 8.60. The molecule has 2 heterocycles. The Morgan fingerprint density at radius 3 is 2.85 bits per heavy atom. The number of hydrogen-bond acceptors (Lipinski definition) is 3. The number of aromatic nitrogens is 1. The first-order chi connectivity index (χ1) is 12.6. The first-order valence-electron chi connectivity index (χ1n) is 8.60. The molecule has 1 atom stereocenters. The topological polar surface area (TPSA) is 70.5 Å². The molecule has 1 aliphatic heterocycles. The minimum absolute atomic E-state index is 0.210. The summed E-state index contributed by atoms with van der Waals surface area (Å²) in [7, 11) is 0. The Kier molecular flexibility index (Phi) is 3.92. The van der Waals surface area contributed by atoms with Gasteiger partial charge in [0.25, 0.3) is 5.91 Å². The fourth-order valence-electron chi connectivity index (χ4n) is 3.65. The average molecular weight is 346 g/mol. The van der Waals surface area contributed by atoms with E-state index in [1.807, 2.05) is 48.7 Å². The maximum absolute atomic E-state index is 12.8. The van der Waals surface area contributed by atoms with Gasteiger partial charge in [0.05, 0.1) is 0 Å². The molecule has 0 saturated carbocycles. The molecule has 130 valence electrons. The Balaban J connectivity index is 1.77. The van der Waals surface area contributed by atoms with Crippen LogP contribution in [-0.4, -0.2) is 32.9 Å². The number of nitrogens with zero attached hydrogens (tertiary/aromatic N) is 2. The van der Waals surface area contributed by atoms with Crippen LogP contribution in [0.4, 0.5) is 0 Å². The van der Waals surface area contributed by atoms with Crippen molar-refractivity contribution in [3.8, 4) is 11.1 Å². The summed E-state index contributed by atoms with van der Waals surface area (Å²) >= 11 is 0. The van der Waals surface area contributed by atoms with Crippen molar-refractivity contribution >= 4 is 22.6 Å². The van der Waals surface area contributed by atoms with Crippen molar-refractivity contribution in [2.75, 3.05) is 0 Å². The predicted octanol–water partition coefficient (Wildman–Crippen LogP) is 3.72. The summed E-state index contributed by atoms with van der Waals surface area (Å²) in [5.74, 6) is -1.17. The summed E-state index contributed by atoms with van der Waals surface area (Å²) in [5, 5.41) is 11.5. The van der Waals surface area contributed by atoms with E-state index in [1.165, 1.54) is 4.90 Å². The lowest BCUT2D eigenvalue weighted by molar-refractivity contribution is -0.142. The van der Waals surface area contributed by atoms with E-state index in [0.29, 0.717) is 18.5 Å². The molecule has 1 aromatic heterocycles. The van der Waals surface area contributed by atoms with E-state index in [4.69, 9.17) is 0 Å². The van der Waals surface area contributed by atoms with Gasteiger partial charge in [-0.25, -0.2) is 4.79 Å². The van der Waals surface area contributed by atoms with E-state index in [1.54, 1.807) is 13.1 Å². The second-order valence-corrected chi connectivity index (χ2v) is 6.47. The van der Waals surface area contributed by atoms with Gasteiger partial charge in [-0.1, -0.05) is 37.3 Å². The van der Waals surface area contributed by atoms with Crippen LogP contribution >= 0.6 is 0 Å². The summed E-state index contributed by atoms with van der Waals surface area (Å²) in [5.41, 5.74) is 3.44. The lowest BCUT2D eigenvalue weighted by Crippen LogP contribution is -2.40. The number of rotatable bonds is 4. The number of aliphatic carboxylic acids is 1. The Hall–Kier alpha value is -3.21. The molecule has 1 aliphatic rings. The summed E-state index contributed by atoms with van der Waals surface area (Å²) in [6.45, 7) is 2.13. The molecule has 4 rings (SSSR count). The maximum atomic E-state index is 12.8. The number of fused-ring (bicyclic) bond motifs is 2. The van der Waals surface area contributed by atoms with Gasteiger partial charge in [-0.2, -0.15) is 0 Å². The Bertz CT molecular complexity index is 1020. The molecule has 0 fully saturated rings. The van der Waals surface area contributed by atoms with Gasteiger partial charge in [-0.15, -0.1) is 0 Å². The molecule has 1 amide bonds. The molecule has 0 spiro atoms. The Morgan fingerprint density at radius 1 is 1.23 bits per heavy atom. The van der Waals surface area contributed by atoms with Crippen molar-refractivity contribution in [2.24, 2.45) is 0 Å². The second-order valence-electron chi connectivity index (χ2n) is 6.47. The highest BCUT2D eigenvalue weighted by Gasteiger charge is 2.35. The number of hydrogen-bond donors (Lipinski definition) is 1. The second kappa shape index (κ2) is 6.26. The third kappa shape index (κ3) is 2.52. The predicted molar refractivity (Wildman–Crippen MR) is 98.8 cm³/mol. The number of carboxylic acids is 1. The standard InChI is InChI=1S/C21H18N2O3/c1-2-19(21(25)26)23-12-15-7-6-13(10-18(15)20(23)24)16-5-3-4-14-11-22-9-8-17(14)16/h3-11,19H,2,12H2,1H3,(H,25,26). The van der Waals surface area contributed by atoms with Crippen molar-refractivity contribution in [3.63, 3.8) is 0 Å². The smallest absolute Gasteiger partial charge is 0.326 e. The third-order valence-electron chi connectivity index (χ3n) is 4.98. The number of amides is 1. The van der Waals surface area contributed by atoms with Gasteiger partial charge in [0, 0.05) is 29.9 Å². The normalized spacial score (nSPS) is 14.5. The molecular weight excluding hydrogens is 328 g/mol. The number of carbonyl (C=O) groups excluding carboxylic acids is 1. The zero-order valence-corrected chi connectivity index (χ0v) is 14.3. The highest BCUT2D eigenvalue weighted by molar-refractivity contribution is 6.03. The quantitative estimate of drug-likeness (QED) is 0.781. The van der Waals surface area contributed by atoms with Crippen LogP contribution in [0, 0.1) is 0 Å². The van der Waals surface area contributed by atoms with Gasteiger partial charge in [0.1, 0.15) is 6.04 Å². The molecule has 0 aliphatic carbocycles. The van der Waals surface area contributed by atoms with Crippen molar-refractivity contribution in [1.82, 2.24) is 9.88 Å². The molecule has 0 bridgehead atoms.